The Morgan fingerprint density at radius 3 is 1.57 bits per heavy atom. The van der Waals surface area contributed by atoms with Gasteiger partial charge in [-0.3, -0.25) is 4.55 Å². The standard InChI is InChI=1S/C16H34O4S/c1-3-5-7-9-10-12-14-16(17,15-21(18,19)20)13-11-8-6-4-2/h17H,3-15H2,1-2H3,(H,18,19,20). The largest absolute Gasteiger partial charge is 0.389 e. The molecule has 0 saturated heterocycles. The Morgan fingerprint density at radius 1 is 0.762 bits per heavy atom. The van der Waals surface area contributed by atoms with Gasteiger partial charge in [-0.1, -0.05) is 78.1 Å². The Kier molecular flexibility index (Phi) is 11.4. The van der Waals surface area contributed by atoms with Crippen molar-refractivity contribution in [3.8, 4) is 0 Å². The zero-order valence-corrected chi connectivity index (χ0v) is 14.6. The van der Waals surface area contributed by atoms with E-state index in [9.17, 15) is 13.5 Å². The van der Waals surface area contributed by atoms with Crippen LogP contribution in [0.15, 0.2) is 0 Å². The Hall–Kier alpha value is -0.130. The summed E-state index contributed by atoms with van der Waals surface area (Å²) in [6.45, 7) is 4.28. The molecule has 5 heteroatoms. The molecule has 0 heterocycles. The highest BCUT2D eigenvalue weighted by atomic mass is 32.2. The Morgan fingerprint density at radius 2 is 1.14 bits per heavy atom. The molecule has 0 spiro atoms. The fourth-order valence-corrected chi connectivity index (χ4v) is 3.69. The number of hydrogen-bond donors (Lipinski definition) is 2. The molecule has 1 unspecified atom stereocenters. The van der Waals surface area contributed by atoms with Crippen LogP contribution in [0.4, 0.5) is 0 Å². The van der Waals surface area contributed by atoms with Crippen molar-refractivity contribution >= 4 is 10.1 Å². The minimum Gasteiger partial charge on any atom is -0.389 e. The lowest BCUT2D eigenvalue weighted by atomic mass is 9.91. The van der Waals surface area contributed by atoms with Gasteiger partial charge >= 0.3 is 0 Å². The van der Waals surface area contributed by atoms with Gasteiger partial charge in [0, 0.05) is 0 Å². The van der Waals surface area contributed by atoms with Crippen molar-refractivity contribution in [1.29, 1.82) is 0 Å². The number of hydrogen-bond acceptors (Lipinski definition) is 3. The summed E-state index contributed by atoms with van der Waals surface area (Å²) in [7, 11) is -4.13. The number of aliphatic hydroxyl groups is 1. The van der Waals surface area contributed by atoms with E-state index in [1.54, 1.807) is 0 Å². The van der Waals surface area contributed by atoms with Crippen LogP contribution in [-0.4, -0.2) is 29.4 Å². The minimum absolute atomic E-state index is 0.460. The predicted octanol–water partition coefficient (Wildman–Crippen LogP) is 4.33. The average molecular weight is 323 g/mol. The quantitative estimate of drug-likeness (QED) is 0.369. The molecule has 0 bridgehead atoms. The zero-order chi connectivity index (χ0) is 16.2. The lowest BCUT2D eigenvalue weighted by Crippen LogP contribution is -2.37. The fraction of sp³-hybridized carbons (Fsp3) is 1.00. The van der Waals surface area contributed by atoms with Gasteiger partial charge in [0.15, 0.2) is 0 Å². The number of unbranched alkanes of at least 4 members (excludes halogenated alkanes) is 8. The normalized spacial score (nSPS) is 15.0. The highest BCUT2D eigenvalue weighted by molar-refractivity contribution is 7.85. The first-order valence-electron chi connectivity index (χ1n) is 8.50. The molecule has 0 amide bonds. The second kappa shape index (κ2) is 11.4. The topological polar surface area (TPSA) is 74.6 Å². The third-order valence-corrected chi connectivity index (χ3v) is 4.84. The number of rotatable bonds is 14. The van der Waals surface area contributed by atoms with Gasteiger partial charge in [-0.2, -0.15) is 8.42 Å². The highest BCUT2D eigenvalue weighted by Gasteiger charge is 2.31. The molecule has 0 aromatic carbocycles. The molecular formula is C16H34O4S. The summed E-state index contributed by atoms with van der Waals surface area (Å²) in [4.78, 5) is 0. The molecular weight excluding hydrogens is 288 g/mol. The van der Waals surface area contributed by atoms with Crippen LogP contribution in [0.25, 0.3) is 0 Å². The van der Waals surface area contributed by atoms with E-state index in [-0.39, 0.29) is 0 Å². The smallest absolute Gasteiger partial charge is 0.267 e. The van der Waals surface area contributed by atoms with Gasteiger partial charge in [0.2, 0.25) is 0 Å². The lowest BCUT2D eigenvalue weighted by Gasteiger charge is -2.27. The van der Waals surface area contributed by atoms with E-state index in [4.69, 9.17) is 4.55 Å². The molecule has 1 atom stereocenters. The maximum atomic E-state index is 11.1. The lowest BCUT2D eigenvalue weighted by molar-refractivity contribution is 0.0385. The Balaban J connectivity index is 4.18. The van der Waals surface area contributed by atoms with Crippen molar-refractivity contribution < 1.29 is 18.1 Å². The molecule has 0 rings (SSSR count). The summed E-state index contributed by atoms with van der Waals surface area (Å²) in [5.74, 6) is -0.527. The molecule has 0 aromatic rings. The molecule has 2 N–H and O–H groups in total. The van der Waals surface area contributed by atoms with Crippen molar-refractivity contribution in [3.63, 3.8) is 0 Å². The molecule has 21 heavy (non-hydrogen) atoms. The first-order chi connectivity index (χ1) is 9.83. The second-order valence-corrected chi connectivity index (χ2v) is 7.73. The molecule has 0 saturated carbocycles. The van der Waals surface area contributed by atoms with Crippen LogP contribution in [0.2, 0.25) is 0 Å². The van der Waals surface area contributed by atoms with Crippen LogP contribution >= 0.6 is 0 Å². The van der Waals surface area contributed by atoms with Crippen molar-refractivity contribution in [1.82, 2.24) is 0 Å². The van der Waals surface area contributed by atoms with Crippen molar-refractivity contribution in [2.45, 2.75) is 96.5 Å². The van der Waals surface area contributed by atoms with Crippen LogP contribution < -0.4 is 0 Å². The molecule has 4 nitrogen and oxygen atoms in total. The SMILES string of the molecule is CCCCCCCCC(O)(CCCCCC)CS(=O)(=O)O. The van der Waals surface area contributed by atoms with Gasteiger partial charge in [-0.05, 0) is 12.8 Å². The van der Waals surface area contributed by atoms with Crippen LogP contribution in [0.1, 0.15) is 90.9 Å². The van der Waals surface area contributed by atoms with Gasteiger partial charge in [0.25, 0.3) is 10.1 Å². The van der Waals surface area contributed by atoms with Crippen molar-refractivity contribution in [2.75, 3.05) is 5.75 Å². The van der Waals surface area contributed by atoms with Crippen molar-refractivity contribution in [3.05, 3.63) is 0 Å². The second-order valence-electron chi connectivity index (χ2n) is 6.28. The highest BCUT2D eigenvalue weighted by Crippen LogP contribution is 2.24. The predicted molar refractivity (Wildman–Crippen MR) is 88.1 cm³/mol. The van der Waals surface area contributed by atoms with Crippen molar-refractivity contribution in [2.24, 2.45) is 0 Å². The summed E-state index contributed by atoms with van der Waals surface area (Å²) in [5, 5.41) is 10.5. The van der Waals surface area contributed by atoms with E-state index < -0.39 is 21.5 Å². The van der Waals surface area contributed by atoms with Crippen LogP contribution in [-0.2, 0) is 10.1 Å². The van der Waals surface area contributed by atoms with E-state index in [2.05, 4.69) is 13.8 Å². The van der Waals surface area contributed by atoms with Gasteiger partial charge in [0.05, 0.1) is 5.60 Å². The summed E-state index contributed by atoms with van der Waals surface area (Å²) in [6.07, 6.45) is 11.5. The van der Waals surface area contributed by atoms with E-state index in [1.165, 1.54) is 19.3 Å². The third kappa shape index (κ3) is 13.3. The maximum absolute atomic E-state index is 11.1. The van der Waals surface area contributed by atoms with E-state index in [0.717, 1.165) is 44.9 Å². The molecule has 0 aromatic heterocycles. The zero-order valence-electron chi connectivity index (χ0n) is 13.8. The molecule has 0 fully saturated rings. The van der Waals surface area contributed by atoms with E-state index in [0.29, 0.717) is 12.8 Å². The summed E-state index contributed by atoms with van der Waals surface area (Å²) >= 11 is 0. The van der Waals surface area contributed by atoms with Gasteiger partial charge in [-0.25, -0.2) is 0 Å². The monoisotopic (exact) mass is 322 g/mol. The van der Waals surface area contributed by atoms with E-state index in [1.807, 2.05) is 0 Å². The molecule has 128 valence electrons. The van der Waals surface area contributed by atoms with Gasteiger partial charge in [0.1, 0.15) is 5.75 Å². The molecule has 0 radical (unpaired) electrons. The maximum Gasteiger partial charge on any atom is 0.267 e. The molecule has 0 aliphatic carbocycles. The van der Waals surface area contributed by atoms with Crippen LogP contribution in [0, 0.1) is 0 Å². The molecule has 0 aliphatic rings. The summed E-state index contributed by atoms with van der Waals surface area (Å²) in [5.41, 5.74) is -1.26. The minimum atomic E-state index is -4.13. The molecule has 0 aliphatic heterocycles. The van der Waals surface area contributed by atoms with Crippen LogP contribution in [0.5, 0.6) is 0 Å². The Bertz CT molecular complexity index is 340. The van der Waals surface area contributed by atoms with Gasteiger partial charge < -0.3 is 5.11 Å². The van der Waals surface area contributed by atoms with Gasteiger partial charge in [-0.15, -0.1) is 0 Å². The summed E-state index contributed by atoms with van der Waals surface area (Å²) in [6, 6.07) is 0. The first-order valence-corrected chi connectivity index (χ1v) is 10.1. The average Bonchev–Trinajstić information content (AvgIpc) is 2.37. The third-order valence-electron chi connectivity index (χ3n) is 3.94. The summed E-state index contributed by atoms with van der Waals surface area (Å²) < 4.78 is 31.3. The first kappa shape index (κ1) is 20.9. The van der Waals surface area contributed by atoms with Crippen LogP contribution in [0.3, 0.4) is 0 Å². The Labute approximate surface area is 131 Å². The van der Waals surface area contributed by atoms with E-state index >= 15 is 0 Å². The fourth-order valence-electron chi connectivity index (χ4n) is 2.72.